The molecule has 12 heavy (non-hydrogen) atoms. The first-order chi connectivity index (χ1) is 5.54. The predicted octanol–water partition coefficient (Wildman–Crippen LogP) is 4.35. The summed E-state index contributed by atoms with van der Waals surface area (Å²) < 4.78 is 25.0. The van der Waals surface area contributed by atoms with Gasteiger partial charge in [-0.25, -0.2) is 8.78 Å². The molecule has 0 atom stereocenters. The van der Waals surface area contributed by atoms with E-state index >= 15 is 0 Å². The van der Waals surface area contributed by atoms with E-state index in [0.717, 1.165) is 5.56 Å². The maximum absolute atomic E-state index is 12.2. The largest absolute Gasteiger partial charge is 0.265 e. The second-order valence-corrected chi connectivity index (χ2v) is 3.57. The molecule has 0 aliphatic rings. The van der Waals surface area contributed by atoms with Gasteiger partial charge in [0.25, 0.3) is 6.43 Å². The summed E-state index contributed by atoms with van der Waals surface area (Å²) in [5.41, 5.74) is 0.721. The van der Waals surface area contributed by atoms with Crippen LogP contribution in [0.1, 0.15) is 17.6 Å². The van der Waals surface area contributed by atoms with Crippen LogP contribution in [0.3, 0.4) is 0 Å². The van der Waals surface area contributed by atoms with Gasteiger partial charge in [0.15, 0.2) is 0 Å². The van der Waals surface area contributed by atoms with Crippen molar-refractivity contribution >= 4 is 27.5 Å². The van der Waals surface area contributed by atoms with Crippen LogP contribution < -0.4 is 0 Å². The molecule has 0 saturated carbocycles. The van der Waals surface area contributed by atoms with Gasteiger partial charge in [-0.15, -0.1) is 0 Å². The molecule has 0 heterocycles. The molecule has 1 aromatic rings. The van der Waals surface area contributed by atoms with E-state index < -0.39 is 6.43 Å². The standard InChI is InChI=1S/C8H6BrClF2/c1-4-2-3-5(8(11)12)7(10)6(4)9/h2-3,8H,1H3. The number of hydrogen-bond donors (Lipinski definition) is 0. The van der Waals surface area contributed by atoms with E-state index in [1.807, 2.05) is 0 Å². The average Bonchev–Trinajstić information content (AvgIpc) is 2.00. The third-order valence-electron chi connectivity index (χ3n) is 1.54. The Morgan fingerprint density at radius 2 is 2.00 bits per heavy atom. The lowest BCUT2D eigenvalue weighted by Crippen LogP contribution is -1.88. The Hall–Kier alpha value is -0.150. The summed E-state index contributed by atoms with van der Waals surface area (Å²) in [5.74, 6) is 0. The van der Waals surface area contributed by atoms with Crippen LogP contribution >= 0.6 is 27.5 Å². The minimum absolute atomic E-state index is 0.102. The first-order valence-corrected chi connectivity index (χ1v) is 4.43. The summed E-state index contributed by atoms with van der Waals surface area (Å²) in [7, 11) is 0. The van der Waals surface area contributed by atoms with Crippen molar-refractivity contribution in [3.63, 3.8) is 0 Å². The van der Waals surface area contributed by atoms with E-state index in [1.54, 1.807) is 13.0 Å². The molecule has 1 aromatic carbocycles. The van der Waals surface area contributed by atoms with Crippen LogP contribution in [-0.2, 0) is 0 Å². The number of aryl methyl sites for hydroxylation is 1. The van der Waals surface area contributed by atoms with Crippen LogP contribution in [0.5, 0.6) is 0 Å². The Balaban J connectivity index is 3.27. The molecule has 0 bridgehead atoms. The maximum Gasteiger partial charge on any atom is 0.265 e. The van der Waals surface area contributed by atoms with Crippen LogP contribution in [-0.4, -0.2) is 0 Å². The monoisotopic (exact) mass is 254 g/mol. The summed E-state index contributed by atoms with van der Waals surface area (Å²) in [6.07, 6.45) is -2.52. The first-order valence-electron chi connectivity index (χ1n) is 3.26. The smallest absolute Gasteiger partial charge is 0.205 e. The highest BCUT2D eigenvalue weighted by atomic mass is 79.9. The van der Waals surface area contributed by atoms with Gasteiger partial charge in [-0.2, -0.15) is 0 Å². The van der Waals surface area contributed by atoms with Gasteiger partial charge in [0, 0.05) is 10.0 Å². The van der Waals surface area contributed by atoms with Crippen molar-refractivity contribution < 1.29 is 8.78 Å². The SMILES string of the molecule is Cc1ccc(C(F)F)c(Cl)c1Br. The van der Waals surface area contributed by atoms with Gasteiger partial charge in [-0.05, 0) is 28.4 Å². The van der Waals surface area contributed by atoms with Crippen LogP contribution in [0, 0.1) is 6.92 Å². The Morgan fingerprint density at radius 1 is 1.42 bits per heavy atom. The molecular weight excluding hydrogens is 249 g/mol. The molecule has 0 fully saturated rings. The fraction of sp³-hybridized carbons (Fsp3) is 0.250. The number of rotatable bonds is 1. The highest BCUT2D eigenvalue weighted by Crippen LogP contribution is 2.34. The molecule has 0 N–H and O–H groups in total. The van der Waals surface area contributed by atoms with E-state index in [4.69, 9.17) is 11.6 Å². The minimum atomic E-state index is -2.52. The van der Waals surface area contributed by atoms with E-state index in [0.29, 0.717) is 4.47 Å². The zero-order chi connectivity index (χ0) is 9.30. The summed E-state index contributed by atoms with van der Waals surface area (Å²) in [6.45, 7) is 1.80. The summed E-state index contributed by atoms with van der Waals surface area (Å²) in [5, 5.41) is 0.102. The zero-order valence-electron chi connectivity index (χ0n) is 6.24. The van der Waals surface area contributed by atoms with E-state index in [-0.39, 0.29) is 10.6 Å². The van der Waals surface area contributed by atoms with Crippen molar-refractivity contribution in [2.24, 2.45) is 0 Å². The highest BCUT2D eigenvalue weighted by molar-refractivity contribution is 9.10. The molecule has 66 valence electrons. The molecule has 0 aliphatic carbocycles. The number of hydrogen-bond acceptors (Lipinski definition) is 0. The molecule has 0 spiro atoms. The summed E-state index contributed by atoms with van der Waals surface area (Å²) >= 11 is 8.80. The zero-order valence-corrected chi connectivity index (χ0v) is 8.59. The van der Waals surface area contributed by atoms with Crippen molar-refractivity contribution in [3.05, 3.63) is 32.8 Å². The molecule has 4 heteroatoms. The fourth-order valence-electron chi connectivity index (χ4n) is 0.829. The van der Waals surface area contributed by atoms with Crippen molar-refractivity contribution in [3.8, 4) is 0 Å². The maximum atomic E-state index is 12.2. The topological polar surface area (TPSA) is 0 Å². The summed E-state index contributed by atoms with van der Waals surface area (Å²) in [4.78, 5) is 0. The fourth-order valence-corrected chi connectivity index (χ4v) is 1.49. The van der Waals surface area contributed by atoms with Gasteiger partial charge in [-0.3, -0.25) is 0 Å². The predicted molar refractivity (Wildman–Crippen MR) is 48.8 cm³/mol. The molecule has 0 amide bonds. The van der Waals surface area contributed by atoms with Crippen LogP contribution in [0.4, 0.5) is 8.78 Å². The average molecular weight is 255 g/mol. The van der Waals surface area contributed by atoms with Crippen LogP contribution in [0.2, 0.25) is 5.02 Å². The van der Waals surface area contributed by atoms with Crippen LogP contribution in [0.15, 0.2) is 16.6 Å². The normalized spacial score (nSPS) is 10.8. The molecule has 0 unspecified atom stereocenters. The van der Waals surface area contributed by atoms with E-state index in [1.165, 1.54) is 6.07 Å². The Kier molecular flexibility index (Phi) is 3.07. The molecule has 0 aromatic heterocycles. The second-order valence-electron chi connectivity index (χ2n) is 2.40. The van der Waals surface area contributed by atoms with Gasteiger partial charge in [0.05, 0.1) is 5.02 Å². The lowest BCUT2D eigenvalue weighted by molar-refractivity contribution is 0.151. The van der Waals surface area contributed by atoms with E-state index in [2.05, 4.69) is 15.9 Å². The third-order valence-corrected chi connectivity index (χ3v) is 3.20. The Morgan fingerprint density at radius 3 is 2.50 bits per heavy atom. The van der Waals surface area contributed by atoms with Crippen LogP contribution in [0.25, 0.3) is 0 Å². The number of alkyl halides is 2. The Bertz CT molecular complexity index is 299. The molecule has 0 aliphatic heterocycles. The Labute approximate surface area is 82.7 Å². The molecule has 0 nitrogen and oxygen atoms in total. The van der Waals surface area contributed by atoms with Gasteiger partial charge in [0.1, 0.15) is 0 Å². The number of benzene rings is 1. The van der Waals surface area contributed by atoms with E-state index in [9.17, 15) is 8.78 Å². The third kappa shape index (κ3) is 1.77. The lowest BCUT2D eigenvalue weighted by Gasteiger charge is -2.06. The van der Waals surface area contributed by atoms with Crippen molar-refractivity contribution in [2.45, 2.75) is 13.3 Å². The quantitative estimate of drug-likeness (QED) is 0.700. The van der Waals surface area contributed by atoms with Crippen molar-refractivity contribution in [2.75, 3.05) is 0 Å². The molecule has 1 rings (SSSR count). The van der Waals surface area contributed by atoms with Crippen molar-refractivity contribution in [1.82, 2.24) is 0 Å². The van der Waals surface area contributed by atoms with Gasteiger partial charge >= 0.3 is 0 Å². The highest BCUT2D eigenvalue weighted by Gasteiger charge is 2.14. The molecule has 0 saturated heterocycles. The molecule has 0 radical (unpaired) electrons. The van der Waals surface area contributed by atoms with Gasteiger partial charge in [-0.1, -0.05) is 23.7 Å². The minimum Gasteiger partial charge on any atom is -0.205 e. The number of halogens is 4. The van der Waals surface area contributed by atoms with Gasteiger partial charge < -0.3 is 0 Å². The van der Waals surface area contributed by atoms with Gasteiger partial charge in [0.2, 0.25) is 0 Å². The summed E-state index contributed by atoms with van der Waals surface area (Å²) in [6, 6.07) is 2.95. The lowest BCUT2D eigenvalue weighted by atomic mass is 10.1. The molecular formula is C8H6BrClF2. The van der Waals surface area contributed by atoms with Crippen molar-refractivity contribution in [1.29, 1.82) is 0 Å². The first kappa shape index (κ1) is 9.93. The second kappa shape index (κ2) is 3.71.